The normalized spacial score (nSPS) is 25.2. The number of fused-ring (bicyclic) bond motifs is 3. The van der Waals surface area contributed by atoms with Crippen LogP contribution in [0.4, 0.5) is 14.9 Å². The second-order valence-electron chi connectivity index (χ2n) is 8.56. The lowest BCUT2D eigenvalue weighted by Gasteiger charge is -2.49. The first-order chi connectivity index (χ1) is 13.4. The number of carbonyl (C=O) groups excluding carboxylic acids is 1. The molecule has 1 amide bonds. The fourth-order valence-corrected chi connectivity index (χ4v) is 4.51. The molecule has 0 saturated carbocycles. The zero-order valence-electron chi connectivity index (χ0n) is 17.0. The van der Waals surface area contributed by atoms with Gasteiger partial charge >= 0.3 is 6.09 Å². The number of halogens is 2. The number of aryl methyl sites for hydroxylation is 1. The minimum absolute atomic E-state index is 0. The van der Waals surface area contributed by atoms with Crippen LogP contribution in [0.1, 0.15) is 24.0 Å². The molecule has 1 atom stereocenters. The molecule has 5 rings (SSSR count). The van der Waals surface area contributed by atoms with Crippen LogP contribution >= 0.6 is 0 Å². The minimum Gasteiger partial charge on any atom is -1.00 e. The molecule has 3 aliphatic rings. The predicted octanol–water partition coefficient (Wildman–Crippen LogP) is 1.52. The molecule has 3 fully saturated rings. The number of carbonyl (C=O) groups is 1. The maximum atomic E-state index is 13.3. The summed E-state index contributed by atoms with van der Waals surface area (Å²) in [6.45, 7) is 5.61. The van der Waals surface area contributed by atoms with Crippen LogP contribution in [0.5, 0.6) is 0 Å². The van der Waals surface area contributed by atoms with Crippen molar-refractivity contribution in [3.05, 3.63) is 65.5 Å². The van der Waals surface area contributed by atoms with Crippen molar-refractivity contribution in [1.82, 2.24) is 0 Å². The van der Waals surface area contributed by atoms with Gasteiger partial charge in [-0.25, -0.2) is 9.18 Å². The Morgan fingerprint density at radius 2 is 1.86 bits per heavy atom. The summed E-state index contributed by atoms with van der Waals surface area (Å²) in [5.41, 5.74) is 2.75. The Balaban J connectivity index is 0.00000240. The van der Waals surface area contributed by atoms with Gasteiger partial charge in [-0.1, -0.05) is 24.3 Å². The number of amides is 1. The van der Waals surface area contributed by atoms with E-state index in [9.17, 15) is 9.18 Å². The van der Waals surface area contributed by atoms with Gasteiger partial charge in [0, 0.05) is 24.4 Å². The number of likely N-dealkylation sites (N-methyl/N-ethyl adjacent to an activating group) is 1. The van der Waals surface area contributed by atoms with E-state index in [1.54, 1.807) is 17.0 Å². The lowest BCUT2D eigenvalue weighted by atomic mass is 9.84. The fraction of sp³-hybridized carbons (Fsp3) is 0.435. The van der Waals surface area contributed by atoms with Crippen LogP contribution in [-0.4, -0.2) is 43.4 Å². The average molecular weight is 510 g/mol. The van der Waals surface area contributed by atoms with E-state index in [-0.39, 0.29) is 42.0 Å². The molecule has 29 heavy (non-hydrogen) atoms. The molecule has 4 nitrogen and oxygen atoms in total. The van der Waals surface area contributed by atoms with Gasteiger partial charge in [0.1, 0.15) is 12.4 Å². The molecule has 0 spiro atoms. The molecule has 156 valence electrons. The van der Waals surface area contributed by atoms with Crippen molar-refractivity contribution in [2.45, 2.75) is 32.4 Å². The summed E-state index contributed by atoms with van der Waals surface area (Å²) in [6.07, 6.45) is 1.90. The van der Waals surface area contributed by atoms with E-state index < -0.39 is 0 Å². The van der Waals surface area contributed by atoms with Gasteiger partial charge in [0.2, 0.25) is 0 Å². The molecule has 6 heteroatoms. The van der Waals surface area contributed by atoms with Crippen LogP contribution in [0.15, 0.2) is 48.5 Å². The lowest BCUT2D eigenvalue weighted by Crippen LogP contribution is -3.00. The van der Waals surface area contributed by atoms with E-state index in [1.165, 1.54) is 25.2 Å². The number of quaternary nitrogens is 1. The van der Waals surface area contributed by atoms with Crippen LogP contribution in [0.25, 0.3) is 0 Å². The Morgan fingerprint density at radius 3 is 2.48 bits per heavy atom. The standard InChI is InChI=1S/C23H28FN2O2.HI/c1-17-4-3-5-21(14-17)25(15-18-6-8-20(24)9-7-18)23(27)28-22-16-26(2)12-10-19(22)11-13-26;/h3-9,14,19,22H,10-13,15-16H2,1-2H3;1H/q+1;/p-1. The third-order valence-corrected chi connectivity index (χ3v) is 6.27. The second-order valence-corrected chi connectivity index (χ2v) is 8.56. The Kier molecular flexibility index (Phi) is 6.83. The second kappa shape index (κ2) is 9.00. The summed E-state index contributed by atoms with van der Waals surface area (Å²) in [7, 11) is 2.26. The smallest absolute Gasteiger partial charge is 0.415 e. The first-order valence-electron chi connectivity index (χ1n) is 10.0. The van der Waals surface area contributed by atoms with E-state index in [4.69, 9.17) is 4.74 Å². The highest BCUT2D eigenvalue weighted by molar-refractivity contribution is 5.87. The molecule has 3 heterocycles. The van der Waals surface area contributed by atoms with Crippen LogP contribution < -0.4 is 28.9 Å². The topological polar surface area (TPSA) is 29.5 Å². The number of ether oxygens (including phenoxy) is 1. The van der Waals surface area contributed by atoms with Gasteiger partial charge in [0.25, 0.3) is 0 Å². The van der Waals surface area contributed by atoms with E-state index >= 15 is 0 Å². The summed E-state index contributed by atoms with van der Waals surface area (Å²) in [6, 6.07) is 14.1. The van der Waals surface area contributed by atoms with Crippen molar-refractivity contribution in [2.75, 3.05) is 31.6 Å². The van der Waals surface area contributed by atoms with Crippen molar-refractivity contribution >= 4 is 11.8 Å². The van der Waals surface area contributed by atoms with Gasteiger partial charge < -0.3 is 33.2 Å². The van der Waals surface area contributed by atoms with E-state index in [1.807, 2.05) is 31.2 Å². The maximum absolute atomic E-state index is 13.3. The highest BCUT2D eigenvalue weighted by Gasteiger charge is 2.45. The van der Waals surface area contributed by atoms with Gasteiger partial charge in [0.05, 0.1) is 26.7 Å². The number of anilines is 1. The number of benzene rings is 2. The first-order valence-corrected chi connectivity index (χ1v) is 10.0. The number of nitrogens with zero attached hydrogens (tertiary/aromatic N) is 2. The average Bonchev–Trinajstić information content (AvgIpc) is 2.67. The third kappa shape index (κ3) is 5.09. The lowest BCUT2D eigenvalue weighted by molar-refractivity contribution is -0.928. The van der Waals surface area contributed by atoms with Crippen LogP contribution in [0, 0.1) is 18.7 Å². The SMILES string of the molecule is Cc1cccc(N(Cc2ccc(F)cc2)C(=O)OC2C[N+]3(C)CCC2CC3)c1.[I-]. The van der Waals surface area contributed by atoms with Crippen molar-refractivity contribution in [3.8, 4) is 0 Å². The number of hydrogen-bond acceptors (Lipinski definition) is 2. The summed E-state index contributed by atoms with van der Waals surface area (Å²) in [5.74, 6) is 0.187. The first kappa shape index (κ1) is 22.0. The van der Waals surface area contributed by atoms with Crippen molar-refractivity contribution < 1.29 is 42.4 Å². The van der Waals surface area contributed by atoms with Crippen molar-refractivity contribution in [2.24, 2.45) is 5.92 Å². The molecular formula is C23H28FIN2O2. The van der Waals surface area contributed by atoms with Gasteiger partial charge in [-0.3, -0.25) is 4.90 Å². The highest BCUT2D eigenvalue weighted by atomic mass is 127. The summed E-state index contributed by atoms with van der Waals surface area (Å²) >= 11 is 0. The van der Waals surface area contributed by atoms with E-state index in [0.717, 1.165) is 40.7 Å². The Labute approximate surface area is 189 Å². The maximum Gasteiger partial charge on any atom is 0.415 e. The monoisotopic (exact) mass is 510 g/mol. The molecule has 2 aromatic rings. The predicted molar refractivity (Wildman–Crippen MR) is 108 cm³/mol. The zero-order valence-corrected chi connectivity index (χ0v) is 19.1. The minimum atomic E-state index is -0.319. The quantitative estimate of drug-likeness (QED) is 0.462. The van der Waals surface area contributed by atoms with Gasteiger partial charge in [-0.15, -0.1) is 0 Å². The van der Waals surface area contributed by atoms with Gasteiger partial charge in [-0.2, -0.15) is 0 Å². The molecule has 3 saturated heterocycles. The zero-order chi connectivity index (χ0) is 19.7. The third-order valence-electron chi connectivity index (χ3n) is 6.27. The van der Waals surface area contributed by atoms with Crippen molar-refractivity contribution in [3.63, 3.8) is 0 Å². The van der Waals surface area contributed by atoms with Gasteiger partial charge in [-0.05, 0) is 42.3 Å². The van der Waals surface area contributed by atoms with Crippen LogP contribution in [0.3, 0.4) is 0 Å². The van der Waals surface area contributed by atoms with Gasteiger partial charge in [0.15, 0.2) is 6.10 Å². The fourth-order valence-electron chi connectivity index (χ4n) is 4.51. The Bertz CT molecular complexity index is 850. The molecular weight excluding hydrogens is 482 g/mol. The highest BCUT2D eigenvalue weighted by Crippen LogP contribution is 2.34. The van der Waals surface area contributed by atoms with Crippen LogP contribution in [0.2, 0.25) is 0 Å². The molecule has 0 radical (unpaired) electrons. The number of piperidine rings is 3. The molecule has 0 aliphatic carbocycles. The molecule has 0 N–H and O–H groups in total. The molecule has 3 aliphatic heterocycles. The van der Waals surface area contributed by atoms with E-state index in [0.29, 0.717) is 12.5 Å². The molecule has 0 aromatic heterocycles. The van der Waals surface area contributed by atoms with E-state index in [2.05, 4.69) is 7.05 Å². The summed E-state index contributed by atoms with van der Waals surface area (Å²) in [5, 5.41) is 0. The molecule has 1 unspecified atom stereocenters. The summed E-state index contributed by atoms with van der Waals surface area (Å²) < 4.78 is 20.3. The largest absolute Gasteiger partial charge is 1.00 e. The van der Waals surface area contributed by atoms with Crippen molar-refractivity contribution in [1.29, 1.82) is 0 Å². The number of hydrogen-bond donors (Lipinski definition) is 0. The number of rotatable bonds is 4. The molecule has 2 aromatic carbocycles. The van der Waals surface area contributed by atoms with Crippen LogP contribution in [-0.2, 0) is 11.3 Å². The molecule has 2 bridgehead atoms. The Morgan fingerprint density at radius 1 is 1.17 bits per heavy atom. The summed E-state index contributed by atoms with van der Waals surface area (Å²) in [4.78, 5) is 14.9. The Hall–Kier alpha value is -1.67.